The fourth-order valence-electron chi connectivity index (χ4n) is 1.40. The van der Waals surface area contributed by atoms with Gasteiger partial charge in [-0.3, -0.25) is 0 Å². The third-order valence-electron chi connectivity index (χ3n) is 2.25. The molecule has 1 unspecified atom stereocenters. The average molecular weight is 222 g/mol. The predicted octanol–water partition coefficient (Wildman–Crippen LogP) is 0.641. The molecule has 2 N–H and O–H groups in total. The molecular weight excluding hydrogens is 200 g/mol. The quantitative estimate of drug-likeness (QED) is 0.717. The molecule has 0 saturated carbocycles. The van der Waals surface area contributed by atoms with Gasteiger partial charge in [-0.05, 0) is 19.3 Å². The Balaban J connectivity index is 4.37. The lowest BCUT2D eigenvalue weighted by molar-refractivity contribution is 0.338. The van der Waals surface area contributed by atoms with E-state index >= 15 is 0 Å². The van der Waals surface area contributed by atoms with E-state index in [1.807, 2.05) is 6.92 Å². The molecule has 0 saturated heterocycles. The highest BCUT2D eigenvalue weighted by molar-refractivity contribution is 7.89. The van der Waals surface area contributed by atoms with Crippen molar-refractivity contribution in [3.8, 4) is 0 Å². The summed E-state index contributed by atoms with van der Waals surface area (Å²) < 4.78 is 24.6. The fraction of sp³-hybridized carbons (Fsp3) is 1.00. The van der Waals surface area contributed by atoms with Crippen molar-refractivity contribution in [3.05, 3.63) is 0 Å². The van der Waals surface area contributed by atoms with Gasteiger partial charge in [-0.1, -0.05) is 13.8 Å². The number of nitrogens with zero attached hydrogens (tertiary/aromatic N) is 1. The summed E-state index contributed by atoms with van der Waals surface area (Å²) in [5.74, 6) is 0.534. The molecule has 0 fully saturated rings. The molecule has 5 heteroatoms. The van der Waals surface area contributed by atoms with Crippen LogP contribution in [0.2, 0.25) is 0 Å². The zero-order valence-electron chi connectivity index (χ0n) is 9.53. The van der Waals surface area contributed by atoms with Crippen LogP contribution in [0.4, 0.5) is 0 Å². The van der Waals surface area contributed by atoms with Crippen molar-refractivity contribution < 1.29 is 8.42 Å². The molecule has 0 heterocycles. The molecule has 0 rings (SSSR count). The number of hydrogen-bond acceptors (Lipinski definition) is 3. The van der Waals surface area contributed by atoms with Crippen molar-refractivity contribution in [2.75, 3.05) is 19.3 Å². The van der Waals surface area contributed by atoms with Gasteiger partial charge >= 0.3 is 0 Å². The van der Waals surface area contributed by atoms with E-state index in [9.17, 15) is 8.42 Å². The molecule has 0 aliphatic carbocycles. The second-order valence-electron chi connectivity index (χ2n) is 4.10. The van der Waals surface area contributed by atoms with Crippen LogP contribution in [0.25, 0.3) is 0 Å². The van der Waals surface area contributed by atoms with Crippen molar-refractivity contribution in [2.45, 2.75) is 33.2 Å². The van der Waals surface area contributed by atoms with Gasteiger partial charge in [-0.15, -0.1) is 0 Å². The van der Waals surface area contributed by atoms with Gasteiger partial charge in [-0.2, -0.15) is 0 Å². The maximum absolute atomic E-state index is 11.6. The second kappa shape index (κ2) is 5.68. The monoisotopic (exact) mass is 222 g/mol. The minimum absolute atomic E-state index is 0.0337. The summed E-state index contributed by atoms with van der Waals surface area (Å²) in [4.78, 5) is 0. The van der Waals surface area contributed by atoms with E-state index < -0.39 is 10.0 Å². The Morgan fingerprint density at radius 3 is 2.14 bits per heavy atom. The van der Waals surface area contributed by atoms with Crippen LogP contribution in [0.1, 0.15) is 27.2 Å². The van der Waals surface area contributed by atoms with Crippen LogP contribution in [0.5, 0.6) is 0 Å². The third-order valence-corrected chi connectivity index (χ3v) is 4.24. The van der Waals surface area contributed by atoms with E-state index in [0.29, 0.717) is 5.92 Å². The first-order chi connectivity index (χ1) is 6.31. The van der Waals surface area contributed by atoms with E-state index in [2.05, 4.69) is 13.8 Å². The van der Waals surface area contributed by atoms with E-state index in [1.165, 1.54) is 4.31 Å². The number of sulfonamides is 1. The number of rotatable bonds is 6. The van der Waals surface area contributed by atoms with Gasteiger partial charge in [0.05, 0.1) is 5.75 Å². The maximum atomic E-state index is 11.6. The van der Waals surface area contributed by atoms with E-state index in [1.54, 1.807) is 7.05 Å². The van der Waals surface area contributed by atoms with Crippen LogP contribution < -0.4 is 5.73 Å². The largest absolute Gasteiger partial charge is 0.329 e. The number of hydrogen-bond donors (Lipinski definition) is 1. The highest BCUT2D eigenvalue weighted by Crippen LogP contribution is 2.12. The lowest BCUT2D eigenvalue weighted by Gasteiger charge is -2.25. The standard InChI is InChI=1S/C9H22N2O2S/c1-8(2)7-9(3)11(4)14(12,13)6-5-10/h8-9H,5-7,10H2,1-4H3. The summed E-state index contributed by atoms with van der Waals surface area (Å²) in [6.45, 7) is 6.27. The minimum Gasteiger partial charge on any atom is -0.329 e. The van der Waals surface area contributed by atoms with Gasteiger partial charge in [0.1, 0.15) is 0 Å². The first-order valence-electron chi connectivity index (χ1n) is 4.97. The summed E-state index contributed by atoms with van der Waals surface area (Å²) in [5.41, 5.74) is 5.25. The fourth-order valence-corrected chi connectivity index (χ4v) is 2.62. The van der Waals surface area contributed by atoms with E-state index in [4.69, 9.17) is 5.73 Å². The molecule has 0 bridgehead atoms. The maximum Gasteiger partial charge on any atom is 0.215 e. The van der Waals surface area contributed by atoms with Crippen LogP contribution in [-0.4, -0.2) is 38.1 Å². The Hall–Kier alpha value is -0.130. The van der Waals surface area contributed by atoms with Crippen LogP contribution in [0.3, 0.4) is 0 Å². The Bertz CT molecular complexity index is 250. The Morgan fingerprint density at radius 2 is 1.79 bits per heavy atom. The molecule has 1 atom stereocenters. The molecule has 0 aromatic heterocycles. The highest BCUT2D eigenvalue weighted by Gasteiger charge is 2.22. The molecule has 0 aromatic carbocycles. The van der Waals surface area contributed by atoms with E-state index in [-0.39, 0.29) is 18.3 Å². The molecule has 86 valence electrons. The lowest BCUT2D eigenvalue weighted by Crippen LogP contribution is -2.38. The smallest absolute Gasteiger partial charge is 0.215 e. The lowest BCUT2D eigenvalue weighted by atomic mass is 10.1. The molecule has 0 aliphatic heterocycles. The van der Waals surface area contributed by atoms with Crippen molar-refractivity contribution in [3.63, 3.8) is 0 Å². The minimum atomic E-state index is -3.15. The summed E-state index contributed by atoms with van der Waals surface area (Å²) >= 11 is 0. The SMILES string of the molecule is CC(C)CC(C)N(C)S(=O)(=O)CCN. The average Bonchev–Trinajstić information content (AvgIpc) is 2.01. The summed E-state index contributed by atoms with van der Waals surface area (Å²) in [6, 6.07) is 0.0477. The van der Waals surface area contributed by atoms with Gasteiger partial charge in [0.15, 0.2) is 0 Å². The third kappa shape index (κ3) is 4.39. The first-order valence-corrected chi connectivity index (χ1v) is 6.58. The van der Waals surface area contributed by atoms with E-state index in [0.717, 1.165) is 6.42 Å². The summed E-state index contributed by atoms with van der Waals surface area (Å²) in [7, 11) is -1.52. The topological polar surface area (TPSA) is 63.4 Å². The number of nitrogens with two attached hydrogens (primary N) is 1. The Labute approximate surface area is 87.5 Å². The van der Waals surface area contributed by atoms with Gasteiger partial charge in [-0.25, -0.2) is 12.7 Å². The molecule has 0 amide bonds. The second-order valence-corrected chi connectivity index (χ2v) is 6.25. The van der Waals surface area contributed by atoms with Gasteiger partial charge in [0.2, 0.25) is 10.0 Å². The molecule has 4 nitrogen and oxygen atoms in total. The van der Waals surface area contributed by atoms with Crippen molar-refractivity contribution >= 4 is 10.0 Å². The zero-order valence-corrected chi connectivity index (χ0v) is 10.3. The zero-order chi connectivity index (χ0) is 11.4. The Kier molecular flexibility index (Phi) is 5.63. The predicted molar refractivity (Wildman–Crippen MR) is 59.5 cm³/mol. The molecule has 14 heavy (non-hydrogen) atoms. The first kappa shape index (κ1) is 13.9. The highest BCUT2D eigenvalue weighted by atomic mass is 32.2. The van der Waals surface area contributed by atoms with Gasteiger partial charge < -0.3 is 5.73 Å². The molecular formula is C9H22N2O2S. The summed E-state index contributed by atoms with van der Waals surface area (Å²) in [6.07, 6.45) is 0.875. The molecule has 0 spiro atoms. The van der Waals surface area contributed by atoms with Crippen LogP contribution in [0, 0.1) is 5.92 Å². The van der Waals surface area contributed by atoms with Crippen molar-refractivity contribution in [1.29, 1.82) is 0 Å². The molecule has 0 aliphatic rings. The van der Waals surface area contributed by atoms with Crippen LogP contribution in [-0.2, 0) is 10.0 Å². The van der Waals surface area contributed by atoms with Crippen LogP contribution in [0.15, 0.2) is 0 Å². The Morgan fingerprint density at radius 1 is 1.29 bits per heavy atom. The molecule has 0 aromatic rings. The molecule has 0 radical (unpaired) electrons. The normalized spacial score (nSPS) is 15.1. The van der Waals surface area contributed by atoms with Gasteiger partial charge in [0, 0.05) is 19.6 Å². The summed E-state index contributed by atoms with van der Waals surface area (Å²) in [5, 5.41) is 0. The van der Waals surface area contributed by atoms with Crippen molar-refractivity contribution in [1.82, 2.24) is 4.31 Å². The van der Waals surface area contributed by atoms with Crippen LogP contribution >= 0.6 is 0 Å². The van der Waals surface area contributed by atoms with Gasteiger partial charge in [0.25, 0.3) is 0 Å². The van der Waals surface area contributed by atoms with Crippen molar-refractivity contribution in [2.24, 2.45) is 11.7 Å².